The van der Waals surface area contributed by atoms with Crippen molar-refractivity contribution in [3.05, 3.63) is 42.2 Å². The fraction of sp³-hybridized carbons (Fsp3) is 0.429. The lowest BCUT2D eigenvalue weighted by Crippen LogP contribution is -2.17. The summed E-state index contributed by atoms with van der Waals surface area (Å²) in [5, 5.41) is 6.34. The Hall–Kier alpha value is -2.96. The van der Waals surface area contributed by atoms with Gasteiger partial charge >= 0.3 is 0 Å². The van der Waals surface area contributed by atoms with Crippen LogP contribution < -0.4 is 20.1 Å². The highest BCUT2D eigenvalue weighted by Crippen LogP contribution is 2.31. The molecule has 0 saturated carbocycles. The first kappa shape index (κ1) is 19.8. The van der Waals surface area contributed by atoms with Crippen LogP contribution in [-0.4, -0.2) is 48.7 Å². The van der Waals surface area contributed by atoms with Gasteiger partial charge in [-0.25, -0.2) is 4.98 Å². The van der Waals surface area contributed by atoms with Crippen LogP contribution in [0.2, 0.25) is 0 Å². The molecule has 1 aromatic heterocycles. The van der Waals surface area contributed by atoms with Crippen molar-refractivity contribution in [3.8, 4) is 11.5 Å². The van der Waals surface area contributed by atoms with E-state index in [2.05, 4.69) is 44.7 Å². The number of aromatic nitrogens is 2. The molecule has 0 spiro atoms. The monoisotopic (exact) mass is 383 g/mol. The molecule has 0 bridgehead atoms. The highest BCUT2D eigenvalue weighted by molar-refractivity contribution is 5.60. The molecule has 0 atom stereocenters. The molecule has 1 aromatic carbocycles. The first-order valence-corrected chi connectivity index (χ1v) is 9.76. The van der Waals surface area contributed by atoms with Gasteiger partial charge < -0.3 is 25.0 Å². The third kappa shape index (κ3) is 5.28. The van der Waals surface area contributed by atoms with E-state index in [0.717, 1.165) is 49.6 Å². The van der Waals surface area contributed by atoms with Crippen molar-refractivity contribution in [2.45, 2.75) is 26.2 Å². The molecule has 0 radical (unpaired) electrons. The number of nitrogens with one attached hydrogen (secondary N) is 2. The second kappa shape index (κ2) is 9.82. The number of aryl methyl sites for hydroxylation is 1. The Balaban J connectivity index is 1.65. The number of hydrogen-bond donors (Lipinski definition) is 2. The predicted octanol–water partition coefficient (Wildman–Crippen LogP) is 3.82. The van der Waals surface area contributed by atoms with Crippen LogP contribution in [0.4, 0.5) is 17.5 Å². The lowest BCUT2D eigenvalue weighted by atomic mass is 10.2. The number of hydrogen-bond acceptors (Lipinski definition) is 7. The van der Waals surface area contributed by atoms with E-state index in [4.69, 9.17) is 9.47 Å². The predicted molar refractivity (Wildman–Crippen MR) is 113 cm³/mol. The molecule has 0 fully saturated rings. The SMILES string of the molecule is CCc1cc(NC)nc(Nc2ccc(OC)c(OCCCN3C=CCC3)c2)n1. The molecule has 0 unspecified atom stereocenters. The molecule has 150 valence electrons. The summed E-state index contributed by atoms with van der Waals surface area (Å²) in [6.45, 7) is 4.81. The van der Waals surface area contributed by atoms with E-state index in [9.17, 15) is 0 Å². The molecule has 1 aliphatic rings. The zero-order chi connectivity index (χ0) is 19.8. The summed E-state index contributed by atoms with van der Waals surface area (Å²) in [6.07, 6.45) is 7.30. The Morgan fingerprint density at radius 2 is 2.07 bits per heavy atom. The lowest BCUT2D eigenvalue weighted by molar-refractivity contribution is 0.269. The second-order valence-corrected chi connectivity index (χ2v) is 6.57. The van der Waals surface area contributed by atoms with Crippen LogP contribution in [0, 0.1) is 0 Å². The normalized spacial score (nSPS) is 12.9. The minimum absolute atomic E-state index is 0.556. The average Bonchev–Trinajstić information content (AvgIpc) is 3.24. The van der Waals surface area contributed by atoms with Gasteiger partial charge in [0.1, 0.15) is 5.82 Å². The van der Waals surface area contributed by atoms with Gasteiger partial charge in [0.15, 0.2) is 11.5 Å². The van der Waals surface area contributed by atoms with Crippen molar-refractivity contribution in [2.24, 2.45) is 0 Å². The van der Waals surface area contributed by atoms with Crippen LogP contribution in [-0.2, 0) is 6.42 Å². The van der Waals surface area contributed by atoms with Gasteiger partial charge in [0.25, 0.3) is 0 Å². The highest BCUT2D eigenvalue weighted by Gasteiger charge is 2.09. The Kier molecular flexibility index (Phi) is 6.94. The zero-order valence-electron chi connectivity index (χ0n) is 16.9. The molecule has 0 saturated heterocycles. The van der Waals surface area contributed by atoms with E-state index in [1.54, 1.807) is 7.11 Å². The van der Waals surface area contributed by atoms with E-state index >= 15 is 0 Å². The topological polar surface area (TPSA) is 71.5 Å². The van der Waals surface area contributed by atoms with Crippen molar-refractivity contribution in [1.82, 2.24) is 14.9 Å². The van der Waals surface area contributed by atoms with Gasteiger partial charge in [0.05, 0.1) is 13.7 Å². The van der Waals surface area contributed by atoms with Gasteiger partial charge in [-0.1, -0.05) is 13.0 Å². The summed E-state index contributed by atoms with van der Waals surface area (Å²) in [5.41, 5.74) is 1.83. The fourth-order valence-electron chi connectivity index (χ4n) is 3.03. The van der Waals surface area contributed by atoms with Gasteiger partial charge in [0.2, 0.25) is 5.95 Å². The molecule has 2 aromatic rings. The van der Waals surface area contributed by atoms with Gasteiger partial charge in [0, 0.05) is 43.7 Å². The molecule has 2 heterocycles. The first-order valence-electron chi connectivity index (χ1n) is 9.76. The third-order valence-electron chi connectivity index (χ3n) is 4.56. The molecular weight excluding hydrogens is 354 g/mol. The Morgan fingerprint density at radius 1 is 1.18 bits per heavy atom. The molecule has 1 aliphatic heterocycles. The smallest absolute Gasteiger partial charge is 0.229 e. The third-order valence-corrected chi connectivity index (χ3v) is 4.56. The molecule has 3 rings (SSSR count). The average molecular weight is 383 g/mol. The van der Waals surface area contributed by atoms with Crippen LogP contribution in [0.1, 0.15) is 25.5 Å². The van der Waals surface area contributed by atoms with Crippen molar-refractivity contribution in [2.75, 3.05) is 44.5 Å². The summed E-state index contributed by atoms with van der Waals surface area (Å²) in [6, 6.07) is 7.70. The summed E-state index contributed by atoms with van der Waals surface area (Å²) >= 11 is 0. The minimum atomic E-state index is 0.556. The minimum Gasteiger partial charge on any atom is -0.493 e. The van der Waals surface area contributed by atoms with Crippen molar-refractivity contribution < 1.29 is 9.47 Å². The lowest BCUT2D eigenvalue weighted by Gasteiger charge is -2.16. The van der Waals surface area contributed by atoms with Crippen LogP contribution in [0.25, 0.3) is 0 Å². The molecule has 0 aliphatic carbocycles. The second-order valence-electron chi connectivity index (χ2n) is 6.57. The molecule has 0 amide bonds. The van der Waals surface area contributed by atoms with E-state index in [-0.39, 0.29) is 0 Å². The summed E-state index contributed by atoms with van der Waals surface area (Å²) in [7, 11) is 3.50. The maximum atomic E-state index is 5.99. The molecule has 7 heteroatoms. The van der Waals surface area contributed by atoms with Crippen LogP contribution in [0.5, 0.6) is 11.5 Å². The van der Waals surface area contributed by atoms with Gasteiger partial charge in [-0.05, 0) is 37.6 Å². The largest absolute Gasteiger partial charge is 0.493 e. The fourth-order valence-corrected chi connectivity index (χ4v) is 3.03. The molecule has 7 nitrogen and oxygen atoms in total. The highest BCUT2D eigenvalue weighted by atomic mass is 16.5. The summed E-state index contributed by atoms with van der Waals surface area (Å²) < 4.78 is 11.4. The zero-order valence-corrected chi connectivity index (χ0v) is 16.9. The number of rotatable bonds is 10. The van der Waals surface area contributed by atoms with Crippen LogP contribution >= 0.6 is 0 Å². The molecule has 2 N–H and O–H groups in total. The maximum Gasteiger partial charge on any atom is 0.229 e. The van der Waals surface area contributed by atoms with Crippen LogP contribution in [0.3, 0.4) is 0 Å². The standard InChI is InChI=1S/C21H29N5O2/c1-4-16-15-20(22-2)25-21(23-16)24-17-8-9-18(27-3)19(14-17)28-13-7-12-26-10-5-6-11-26/h5,8-10,14-15H,4,6-7,11-13H2,1-3H3,(H2,22,23,24,25). The van der Waals surface area contributed by atoms with E-state index in [1.165, 1.54) is 0 Å². The number of nitrogens with zero attached hydrogens (tertiary/aromatic N) is 3. The van der Waals surface area contributed by atoms with E-state index in [1.807, 2.05) is 31.3 Å². The first-order chi connectivity index (χ1) is 13.7. The van der Waals surface area contributed by atoms with Gasteiger partial charge in [-0.3, -0.25) is 0 Å². The van der Waals surface area contributed by atoms with Crippen molar-refractivity contribution in [3.63, 3.8) is 0 Å². The van der Waals surface area contributed by atoms with E-state index < -0.39 is 0 Å². The Morgan fingerprint density at radius 3 is 2.79 bits per heavy atom. The van der Waals surface area contributed by atoms with Crippen molar-refractivity contribution in [1.29, 1.82) is 0 Å². The number of benzene rings is 1. The number of methoxy groups -OCH3 is 1. The van der Waals surface area contributed by atoms with E-state index in [0.29, 0.717) is 24.1 Å². The Bertz CT molecular complexity index is 787. The molecular formula is C21H29N5O2. The molecule has 28 heavy (non-hydrogen) atoms. The van der Waals surface area contributed by atoms with Gasteiger partial charge in [-0.15, -0.1) is 0 Å². The number of anilines is 3. The maximum absolute atomic E-state index is 5.99. The van der Waals surface area contributed by atoms with Crippen molar-refractivity contribution >= 4 is 17.5 Å². The van der Waals surface area contributed by atoms with Gasteiger partial charge in [-0.2, -0.15) is 4.98 Å². The number of ether oxygens (including phenoxy) is 2. The summed E-state index contributed by atoms with van der Waals surface area (Å²) in [5.74, 6) is 2.77. The summed E-state index contributed by atoms with van der Waals surface area (Å²) in [4.78, 5) is 11.3. The van der Waals surface area contributed by atoms with Crippen LogP contribution in [0.15, 0.2) is 36.5 Å². The Labute approximate surface area is 166 Å². The quantitative estimate of drug-likeness (QED) is 0.604.